The van der Waals surface area contributed by atoms with Crippen molar-refractivity contribution in [2.24, 2.45) is 0 Å². The van der Waals surface area contributed by atoms with Gasteiger partial charge in [0.05, 0.1) is 6.04 Å². The molecule has 1 heteroatoms. The first kappa shape index (κ1) is 13.2. The highest BCUT2D eigenvalue weighted by atomic mass is 15.1. The van der Waals surface area contributed by atoms with E-state index in [2.05, 4.69) is 49.6 Å². The summed E-state index contributed by atoms with van der Waals surface area (Å²) in [6.07, 6.45) is 13.7. The lowest BCUT2D eigenvalue weighted by Crippen LogP contribution is -2.37. The average Bonchev–Trinajstić information content (AvgIpc) is 2.31. The molecule has 0 heterocycles. The Morgan fingerprint density at radius 1 is 1.12 bits per heavy atom. The second-order valence-corrected chi connectivity index (χ2v) is 4.51. The molecule has 0 saturated heterocycles. The third kappa shape index (κ3) is 3.97. The first-order valence-electron chi connectivity index (χ1n) is 6.57. The maximum absolute atomic E-state index is 4.15. The molecule has 0 aliphatic heterocycles. The second-order valence-electron chi connectivity index (χ2n) is 4.51. The molecule has 0 radical (unpaired) electrons. The molecule has 16 heavy (non-hydrogen) atoms. The first-order valence-corrected chi connectivity index (χ1v) is 6.57. The quantitative estimate of drug-likeness (QED) is 0.627. The van der Waals surface area contributed by atoms with Gasteiger partial charge in [-0.3, -0.25) is 4.90 Å². The summed E-state index contributed by atoms with van der Waals surface area (Å²) in [5, 5.41) is 0. The predicted molar refractivity (Wildman–Crippen MR) is 72.6 cm³/mol. The van der Waals surface area contributed by atoms with Crippen LogP contribution in [0.1, 0.15) is 39.5 Å². The standard InChI is InChI=1S/C15H25N/c1-4-6-12-16(13-7-5-2)15-11-9-8-10-14(15)3/h8-11,15H,3-7,12-13H2,1-2H3. The highest BCUT2D eigenvalue weighted by molar-refractivity contribution is 5.34. The lowest BCUT2D eigenvalue weighted by Gasteiger charge is -2.31. The minimum absolute atomic E-state index is 0.433. The number of hydrogen-bond acceptors (Lipinski definition) is 1. The topological polar surface area (TPSA) is 3.24 Å². The van der Waals surface area contributed by atoms with E-state index in [0.29, 0.717) is 6.04 Å². The Balaban J connectivity index is 2.55. The number of rotatable bonds is 7. The Morgan fingerprint density at radius 3 is 2.25 bits per heavy atom. The van der Waals surface area contributed by atoms with Crippen LogP contribution >= 0.6 is 0 Å². The van der Waals surface area contributed by atoms with Crippen molar-refractivity contribution in [1.29, 1.82) is 0 Å². The fourth-order valence-corrected chi connectivity index (χ4v) is 2.04. The van der Waals surface area contributed by atoms with Crippen molar-refractivity contribution in [3.63, 3.8) is 0 Å². The van der Waals surface area contributed by atoms with Crippen LogP contribution in [-0.4, -0.2) is 24.0 Å². The molecule has 1 nitrogen and oxygen atoms in total. The van der Waals surface area contributed by atoms with E-state index in [0.717, 1.165) is 0 Å². The minimum atomic E-state index is 0.433. The van der Waals surface area contributed by atoms with Gasteiger partial charge < -0.3 is 0 Å². The van der Waals surface area contributed by atoms with E-state index in [1.165, 1.54) is 44.3 Å². The van der Waals surface area contributed by atoms with Gasteiger partial charge in [0.1, 0.15) is 0 Å². The third-order valence-corrected chi connectivity index (χ3v) is 3.09. The maximum atomic E-state index is 4.15. The van der Waals surface area contributed by atoms with E-state index in [-0.39, 0.29) is 0 Å². The van der Waals surface area contributed by atoms with Crippen molar-refractivity contribution in [3.05, 3.63) is 36.5 Å². The van der Waals surface area contributed by atoms with Crippen LogP contribution in [0.2, 0.25) is 0 Å². The lowest BCUT2D eigenvalue weighted by molar-refractivity contribution is 0.245. The molecule has 0 aromatic carbocycles. The predicted octanol–water partition coefficient (Wildman–Crippen LogP) is 3.94. The minimum Gasteiger partial charge on any atom is -0.293 e. The van der Waals surface area contributed by atoms with E-state index in [1.54, 1.807) is 0 Å². The van der Waals surface area contributed by atoms with E-state index >= 15 is 0 Å². The SMILES string of the molecule is C=C1C=CC=CC1N(CCCC)CCCC. The molecule has 0 aromatic heterocycles. The molecule has 0 bridgehead atoms. The Labute approximate surface area is 101 Å². The van der Waals surface area contributed by atoms with Crippen LogP contribution in [-0.2, 0) is 0 Å². The highest BCUT2D eigenvalue weighted by Crippen LogP contribution is 2.17. The van der Waals surface area contributed by atoms with Crippen molar-refractivity contribution in [2.75, 3.05) is 13.1 Å². The second kappa shape index (κ2) is 7.45. The zero-order chi connectivity index (χ0) is 11.8. The average molecular weight is 219 g/mol. The van der Waals surface area contributed by atoms with E-state index in [9.17, 15) is 0 Å². The van der Waals surface area contributed by atoms with Gasteiger partial charge in [-0.05, 0) is 31.5 Å². The summed E-state index contributed by atoms with van der Waals surface area (Å²) in [6.45, 7) is 11.0. The van der Waals surface area contributed by atoms with Gasteiger partial charge in [-0.25, -0.2) is 0 Å². The molecule has 1 unspecified atom stereocenters. The van der Waals surface area contributed by atoms with Gasteiger partial charge in [-0.15, -0.1) is 0 Å². The number of nitrogens with zero attached hydrogens (tertiary/aromatic N) is 1. The van der Waals surface area contributed by atoms with Crippen LogP contribution in [0, 0.1) is 0 Å². The molecule has 0 N–H and O–H groups in total. The molecule has 90 valence electrons. The molecule has 1 rings (SSSR count). The monoisotopic (exact) mass is 219 g/mol. The van der Waals surface area contributed by atoms with Crippen LogP contribution < -0.4 is 0 Å². The van der Waals surface area contributed by atoms with Gasteiger partial charge in [-0.1, -0.05) is 57.6 Å². The van der Waals surface area contributed by atoms with E-state index in [4.69, 9.17) is 0 Å². The Bertz CT molecular complexity index is 255. The smallest absolute Gasteiger partial charge is 0.0528 e. The molecule has 0 fully saturated rings. The normalized spacial score (nSPS) is 19.7. The maximum Gasteiger partial charge on any atom is 0.0528 e. The molecule has 1 atom stereocenters. The van der Waals surface area contributed by atoms with Crippen molar-refractivity contribution in [3.8, 4) is 0 Å². The van der Waals surface area contributed by atoms with Gasteiger partial charge in [-0.2, -0.15) is 0 Å². The van der Waals surface area contributed by atoms with Crippen LogP contribution in [0.4, 0.5) is 0 Å². The molecule has 1 aliphatic rings. The van der Waals surface area contributed by atoms with Crippen molar-refractivity contribution in [2.45, 2.75) is 45.6 Å². The fourth-order valence-electron chi connectivity index (χ4n) is 2.04. The van der Waals surface area contributed by atoms with Crippen LogP contribution in [0.3, 0.4) is 0 Å². The summed E-state index contributed by atoms with van der Waals surface area (Å²) < 4.78 is 0. The van der Waals surface area contributed by atoms with Gasteiger partial charge in [0.15, 0.2) is 0 Å². The summed E-state index contributed by atoms with van der Waals surface area (Å²) in [6, 6.07) is 0.433. The van der Waals surface area contributed by atoms with E-state index in [1.807, 2.05) is 0 Å². The fraction of sp³-hybridized carbons (Fsp3) is 0.600. The molecule has 0 amide bonds. The molecule has 0 saturated carbocycles. The van der Waals surface area contributed by atoms with Gasteiger partial charge in [0.2, 0.25) is 0 Å². The molecule has 0 spiro atoms. The Kier molecular flexibility index (Phi) is 6.17. The molecule has 1 aliphatic carbocycles. The van der Waals surface area contributed by atoms with Crippen molar-refractivity contribution in [1.82, 2.24) is 4.90 Å². The van der Waals surface area contributed by atoms with Gasteiger partial charge in [0.25, 0.3) is 0 Å². The van der Waals surface area contributed by atoms with Crippen LogP contribution in [0.5, 0.6) is 0 Å². The summed E-state index contributed by atoms with van der Waals surface area (Å²) in [5.74, 6) is 0. The number of allylic oxidation sites excluding steroid dienone is 2. The number of unbranched alkanes of at least 4 members (excludes halogenated alkanes) is 2. The van der Waals surface area contributed by atoms with Gasteiger partial charge in [0, 0.05) is 0 Å². The lowest BCUT2D eigenvalue weighted by atomic mass is 10.0. The first-order chi connectivity index (χ1) is 7.79. The summed E-state index contributed by atoms with van der Waals surface area (Å²) in [7, 11) is 0. The Morgan fingerprint density at radius 2 is 1.75 bits per heavy atom. The summed E-state index contributed by atoms with van der Waals surface area (Å²) in [5.41, 5.74) is 1.23. The Hall–Kier alpha value is -0.820. The van der Waals surface area contributed by atoms with Crippen LogP contribution in [0.15, 0.2) is 36.5 Å². The molecular formula is C15H25N. The van der Waals surface area contributed by atoms with Crippen molar-refractivity contribution < 1.29 is 0 Å². The zero-order valence-corrected chi connectivity index (χ0v) is 10.8. The summed E-state index contributed by atoms with van der Waals surface area (Å²) in [4.78, 5) is 2.56. The summed E-state index contributed by atoms with van der Waals surface area (Å²) >= 11 is 0. The largest absolute Gasteiger partial charge is 0.293 e. The van der Waals surface area contributed by atoms with Crippen molar-refractivity contribution >= 4 is 0 Å². The van der Waals surface area contributed by atoms with E-state index < -0.39 is 0 Å². The third-order valence-electron chi connectivity index (χ3n) is 3.09. The van der Waals surface area contributed by atoms with Gasteiger partial charge >= 0.3 is 0 Å². The molecule has 0 aromatic rings. The molecular weight excluding hydrogens is 194 g/mol. The van der Waals surface area contributed by atoms with Crippen LogP contribution in [0.25, 0.3) is 0 Å². The number of hydrogen-bond donors (Lipinski definition) is 0. The zero-order valence-electron chi connectivity index (χ0n) is 10.8. The highest BCUT2D eigenvalue weighted by Gasteiger charge is 2.17.